The number of carbonyl (C=O) groups is 2. The van der Waals surface area contributed by atoms with Crippen molar-refractivity contribution in [3.05, 3.63) is 102 Å². The largest absolute Gasteiger partial charge is 0.489 e. The molecule has 0 bridgehead atoms. The van der Waals surface area contributed by atoms with Crippen molar-refractivity contribution in [1.29, 1.82) is 0 Å². The molecule has 2 amide bonds. The van der Waals surface area contributed by atoms with Gasteiger partial charge in [-0.25, -0.2) is 0 Å². The Bertz CT molecular complexity index is 1030. The number of carbonyl (C=O) groups excluding carboxylic acids is 2. The number of rotatable bonds is 10. The summed E-state index contributed by atoms with van der Waals surface area (Å²) in [5, 5.41) is 0. The van der Waals surface area contributed by atoms with Crippen molar-refractivity contribution in [3.63, 3.8) is 0 Å². The van der Waals surface area contributed by atoms with Crippen LogP contribution in [0.15, 0.2) is 85.4 Å². The van der Waals surface area contributed by atoms with Gasteiger partial charge in [0.1, 0.15) is 18.1 Å². The molecule has 4 N–H and O–H groups in total. The Morgan fingerprint density at radius 1 is 0.774 bits per heavy atom. The third-order valence-corrected chi connectivity index (χ3v) is 4.28. The van der Waals surface area contributed by atoms with E-state index < -0.39 is 5.91 Å². The van der Waals surface area contributed by atoms with Crippen LogP contribution in [-0.4, -0.2) is 18.4 Å². The zero-order chi connectivity index (χ0) is 22.1. The Labute approximate surface area is 180 Å². The monoisotopic (exact) mass is 417 g/mol. The zero-order valence-corrected chi connectivity index (χ0v) is 16.8. The maximum absolute atomic E-state index is 12.4. The van der Waals surface area contributed by atoms with E-state index in [9.17, 15) is 9.59 Å². The van der Waals surface area contributed by atoms with Gasteiger partial charge in [0, 0.05) is 5.56 Å². The van der Waals surface area contributed by atoms with Crippen LogP contribution in [0.2, 0.25) is 0 Å². The molecule has 7 nitrogen and oxygen atoms in total. The van der Waals surface area contributed by atoms with Gasteiger partial charge in [0.2, 0.25) is 0 Å². The second-order valence-corrected chi connectivity index (χ2v) is 6.64. The van der Waals surface area contributed by atoms with Crippen LogP contribution in [0.3, 0.4) is 0 Å². The average Bonchev–Trinajstić information content (AvgIpc) is 2.81. The Balaban J connectivity index is 1.47. The lowest BCUT2D eigenvalue weighted by Gasteiger charge is -2.12. The van der Waals surface area contributed by atoms with Crippen LogP contribution in [0.4, 0.5) is 0 Å². The molecule has 158 valence electrons. The summed E-state index contributed by atoms with van der Waals surface area (Å²) in [6.45, 7) is 4.13. The molecule has 0 atom stereocenters. The van der Waals surface area contributed by atoms with Crippen molar-refractivity contribution in [2.24, 2.45) is 5.73 Å². The summed E-state index contributed by atoms with van der Waals surface area (Å²) < 4.78 is 10.9. The van der Waals surface area contributed by atoms with E-state index in [2.05, 4.69) is 17.4 Å². The fourth-order valence-electron chi connectivity index (χ4n) is 2.62. The highest BCUT2D eigenvalue weighted by Gasteiger charge is 2.07. The van der Waals surface area contributed by atoms with Crippen molar-refractivity contribution in [1.82, 2.24) is 10.9 Å². The molecular weight excluding hydrogens is 394 g/mol. The summed E-state index contributed by atoms with van der Waals surface area (Å²) in [6.07, 6.45) is 0. The summed E-state index contributed by atoms with van der Waals surface area (Å²) >= 11 is 0. The predicted molar refractivity (Wildman–Crippen MR) is 118 cm³/mol. The van der Waals surface area contributed by atoms with Gasteiger partial charge in [-0.15, -0.1) is 0 Å². The van der Waals surface area contributed by atoms with Gasteiger partial charge >= 0.3 is 0 Å². The third kappa shape index (κ3) is 6.64. The number of ether oxygens (including phenoxy) is 2. The summed E-state index contributed by atoms with van der Waals surface area (Å²) in [5.74, 6) is 0.461. The normalized spacial score (nSPS) is 10.1. The lowest BCUT2D eigenvalue weighted by Crippen LogP contribution is -2.35. The molecule has 0 aromatic heterocycles. The number of primary amides is 1. The van der Waals surface area contributed by atoms with E-state index in [4.69, 9.17) is 15.2 Å². The molecule has 0 unspecified atom stereocenters. The number of nitrogens with two attached hydrogens (primary N) is 1. The van der Waals surface area contributed by atoms with Crippen molar-refractivity contribution in [2.45, 2.75) is 6.61 Å². The summed E-state index contributed by atoms with van der Waals surface area (Å²) in [4.78, 5) is 23.1. The van der Waals surface area contributed by atoms with E-state index in [0.29, 0.717) is 23.6 Å². The van der Waals surface area contributed by atoms with E-state index in [1.807, 2.05) is 42.5 Å². The van der Waals surface area contributed by atoms with E-state index in [0.717, 1.165) is 16.9 Å². The van der Waals surface area contributed by atoms with E-state index in [-0.39, 0.29) is 12.5 Å². The number of benzene rings is 3. The minimum absolute atomic E-state index is 0.189. The van der Waals surface area contributed by atoms with Crippen LogP contribution >= 0.6 is 0 Å². The smallest absolute Gasteiger partial charge is 0.269 e. The number of hydrazine groups is 1. The number of hydrogen-bond acceptors (Lipinski definition) is 5. The Morgan fingerprint density at radius 3 is 2.03 bits per heavy atom. The van der Waals surface area contributed by atoms with Gasteiger partial charge in [-0.3, -0.25) is 20.4 Å². The van der Waals surface area contributed by atoms with Gasteiger partial charge in [-0.1, -0.05) is 36.9 Å². The fourth-order valence-corrected chi connectivity index (χ4v) is 2.62. The van der Waals surface area contributed by atoms with Crippen molar-refractivity contribution >= 4 is 17.5 Å². The standard InChI is InChI=1S/C24H23N3O4/c1-17(19-11-13-22(14-12-19)31-16-23(25)28)26-27-24(29)20-9-7-18(8-10-20)15-30-21-5-3-2-4-6-21/h2-14,26H,1,15-16H2,(H2,25,28)(H,27,29). The topological polar surface area (TPSA) is 103 Å². The number of para-hydroxylation sites is 1. The minimum Gasteiger partial charge on any atom is -0.489 e. The van der Waals surface area contributed by atoms with Gasteiger partial charge in [-0.2, -0.15) is 0 Å². The minimum atomic E-state index is -0.547. The molecule has 0 spiro atoms. The second kappa shape index (κ2) is 10.5. The van der Waals surface area contributed by atoms with Crippen molar-refractivity contribution < 1.29 is 19.1 Å². The molecule has 0 fully saturated rings. The summed E-state index contributed by atoms with van der Waals surface area (Å²) in [7, 11) is 0. The lowest BCUT2D eigenvalue weighted by atomic mass is 10.1. The third-order valence-electron chi connectivity index (χ3n) is 4.28. The van der Waals surface area contributed by atoms with Gasteiger partial charge in [0.15, 0.2) is 6.61 Å². The second-order valence-electron chi connectivity index (χ2n) is 6.64. The van der Waals surface area contributed by atoms with Gasteiger partial charge in [0.05, 0.1) is 5.70 Å². The molecular formula is C24H23N3O4. The van der Waals surface area contributed by atoms with Crippen LogP contribution in [0.1, 0.15) is 21.5 Å². The molecule has 0 aliphatic carbocycles. The molecule has 3 aromatic carbocycles. The maximum Gasteiger partial charge on any atom is 0.269 e. The molecule has 0 aliphatic rings. The fraction of sp³-hybridized carbons (Fsp3) is 0.0833. The quantitative estimate of drug-likeness (QED) is 0.440. The zero-order valence-electron chi connectivity index (χ0n) is 16.8. The van der Waals surface area contributed by atoms with Crippen LogP contribution in [0, 0.1) is 0 Å². The van der Waals surface area contributed by atoms with Gasteiger partial charge in [-0.05, 0) is 59.7 Å². The molecule has 0 saturated carbocycles. The Kier molecular flexibility index (Phi) is 7.26. The average molecular weight is 417 g/mol. The molecule has 0 radical (unpaired) electrons. The Morgan fingerprint density at radius 2 is 1.39 bits per heavy atom. The molecule has 31 heavy (non-hydrogen) atoms. The van der Waals surface area contributed by atoms with Crippen LogP contribution in [0.5, 0.6) is 11.5 Å². The maximum atomic E-state index is 12.4. The van der Waals surface area contributed by atoms with Gasteiger partial charge < -0.3 is 15.2 Å². The molecule has 3 rings (SSSR count). The van der Waals surface area contributed by atoms with Crippen LogP contribution in [-0.2, 0) is 11.4 Å². The number of nitrogens with one attached hydrogen (secondary N) is 2. The highest BCUT2D eigenvalue weighted by molar-refractivity contribution is 5.94. The van der Waals surface area contributed by atoms with Crippen LogP contribution < -0.4 is 26.1 Å². The first-order chi connectivity index (χ1) is 15.0. The number of hydrogen-bond donors (Lipinski definition) is 3. The molecule has 7 heteroatoms. The predicted octanol–water partition coefficient (Wildman–Crippen LogP) is 3.04. The molecule has 0 heterocycles. The van der Waals surface area contributed by atoms with E-state index >= 15 is 0 Å². The first kappa shape index (κ1) is 21.4. The summed E-state index contributed by atoms with van der Waals surface area (Å²) in [5.41, 5.74) is 13.2. The SMILES string of the molecule is C=C(NNC(=O)c1ccc(COc2ccccc2)cc1)c1ccc(OCC(N)=O)cc1. The lowest BCUT2D eigenvalue weighted by molar-refractivity contribution is -0.119. The molecule has 0 saturated heterocycles. The molecule has 3 aromatic rings. The first-order valence-electron chi connectivity index (χ1n) is 9.55. The van der Waals surface area contributed by atoms with Crippen molar-refractivity contribution in [2.75, 3.05) is 6.61 Å². The van der Waals surface area contributed by atoms with Gasteiger partial charge in [0.25, 0.3) is 11.8 Å². The van der Waals surface area contributed by atoms with Crippen LogP contribution in [0.25, 0.3) is 5.70 Å². The Hall–Kier alpha value is -4.26. The first-order valence-corrected chi connectivity index (χ1v) is 9.55. The van der Waals surface area contributed by atoms with E-state index in [1.165, 1.54) is 0 Å². The van der Waals surface area contributed by atoms with Crippen molar-refractivity contribution in [3.8, 4) is 11.5 Å². The highest BCUT2D eigenvalue weighted by atomic mass is 16.5. The number of amides is 2. The molecule has 0 aliphatic heterocycles. The summed E-state index contributed by atoms with van der Waals surface area (Å²) in [6, 6.07) is 23.6. The van der Waals surface area contributed by atoms with E-state index in [1.54, 1.807) is 36.4 Å². The highest BCUT2D eigenvalue weighted by Crippen LogP contribution is 2.16.